The second kappa shape index (κ2) is 13.6. The highest BCUT2D eigenvalue weighted by molar-refractivity contribution is 6.16. The van der Waals surface area contributed by atoms with E-state index in [0.29, 0.717) is 5.95 Å². The third-order valence-electron chi connectivity index (χ3n) is 12.6. The molecule has 0 saturated carbocycles. The maximum absolute atomic E-state index is 5.59. The van der Waals surface area contributed by atoms with Gasteiger partial charge >= 0.3 is 0 Å². The van der Waals surface area contributed by atoms with Crippen LogP contribution in [0, 0.1) is 0 Å². The predicted octanol–water partition coefficient (Wildman–Crippen LogP) is 15.1. The van der Waals surface area contributed by atoms with E-state index in [1.807, 2.05) is 0 Å². The van der Waals surface area contributed by atoms with Gasteiger partial charge < -0.3 is 4.57 Å². The average molecular weight is 789 g/mol. The van der Waals surface area contributed by atoms with Crippen molar-refractivity contribution in [2.24, 2.45) is 0 Å². The Morgan fingerprint density at radius 1 is 0.274 bits per heavy atom. The minimum Gasteiger partial charge on any atom is -0.309 e. The van der Waals surface area contributed by atoms with Crippen molar-refractivity contribution in [3.63, 3.8) is 0 Å². The van der Waals surface area contributed by atoms with E-state index in [0.717, 1.165) is 71.9 Å². The largest absolute Gasteiger partial charge is 0.309 e. The Labute approximate surface area is 357 Å². The van der Waals surface area contributed by atoms with Crippen molar-refractivity contribution >= 4 is 76.1 Å². The summed E-state index contributed by atoms with van der Waals surface area (Å²) in [6, 6.07) is 78.7. The molecule has 0 fully saturated rings. The maximum Gasteiger partial charge on any atom is 0.235 e. The summed E-state index contributed by atoms with van der Waals surface area (Å²) in [5.74, 6) is 0.636. The van der Waals surface area contributed by atoms with E-state index >= 15 is 0 Å². The number of aromatic nitrogens is 4. The van der Waals surface area contributed by atoms with E-state index in [4.69, 9.17) is 9.97 Å². The lowest BCUT2D eigenvalue weighted by molar-refractivity contribution is 1.01. The monoisotopic (exact) mass is 788 g/mol. The van der Waals surface area contributed by atoms with Gasteiger partial charge in [-0.25, -0.2) is 9.97 Å². The van der Waals surface area contributed by atoms with Crippen molar-refractivity contribution in [1.82, 2.24) is 19.1 Å². The second-order valence-electron chi connectivity index (χ2n) is 16.2. The second-order valence-corrected chi connectivity index (χ2v) is 16.2. The van der Waals surface area contributed by atoms with Gasteiger partial charge in [0.2, 0.25) is 5.95 Å². The van der Waals surface area contributed by atoms with Crippen LogP contribution < -0.4 is 0 Å². The van der Waals surface area contributed by atoms with Crippen LogP contribution in [0.5, 0.6) is 0 Å². The molecule has 3 heterocycles. The first-order valence-electron chi connectivity index (χ1n) is 21.1. The Kier molecular flexibility index (Phi) is 7.57. The van der Waals surface area contributed by atoms with E-state index in [1.165, 1.54) is 43.4 Å². The summed E-state index contributed by atoms with van der Waals surface area (Å²) in [6.45, 7) is 0. The molecule has 0 aliphatic rings. The van der Waals surface area contributed by atoms with E-state index in [-0.39, 0.29) is 0 Å². The Morgan fingerprint density at radius 3 is 1.42 bits per heavy atom. The fraction of sp³-hybridized carbons (Fsp3) is 0. The third kappa shape index (κ3) is 5.40. The fourth-order valence-corrected chi connectivity index (χ4v) is 9.72. The Hall–Kier alpha value is -8.34. The highest BCUT2D eigenvalue weighted by Gasteiger charge is 2.21. The molecule has 0 saturated heterocycles. The molecule has 0 aliphatic heterocycles. The number of fused-ring (bicyclic) bond motifs is 9. The van der Waals surface area contributed by atoms with Gasteiger partial charge in [-0.05, 0) is 117 Å². The normalized spacial score (nSPS) is 11.9. The molecule has 4 heteroatoms. The molecule has 13 aromatic rings. The van der Waals surface area contributed by atoms with Crippen molar-refractivity contribution in [2.75, 3.05) is 0 Å². The van der Waals surface area contributed by atoms with E-state index in [9.17, 15) is 0 Å². The van der Waals surface area contributed by atoms with Gasteiger partial charge in [-0.15, -0.1) is 0 Å². The lowest BCUT2D eigenvalue weighted by Gasteiger charge is -2.15. The van der Waals surface area contributed by atoms with Crippen LogP contribution in [0.2, 0.25) is 0 Å². The fourth-order valence-electron chi connectivity index (χ4n) is 9.72. The molecule has 62 heavy (non-hydrogen) atoms. The molecule has 0 radical (unpaired) electrons. The molecule has 0 spiro atoms. The quantitative estimate of drug-likeness (QED) is 0.174. The summed E-state index contributed by atoms with van der Waals surface area (Å²) >= 11 is 0. The molecule has 3 aromatic heterocycles. The lowest BCUT2D eigenvalue weighted by atomic mass is 9.94. The zero-order valence-corrected chi connectivity index (χ0v) is 33.6. The van der Waals surface area contributed by atoms with Crippen molar-refractivity contribution in [2.45, 2.75) is 0 Å². The summed E-state index contributed by atoms with van der Waals surface area (Å²) < 4.78 is 4.70. The number of benzene rings is 10. The summed E-state index contributed by atoms with van der Waals surface area (Å²) in [7, 11) is 0. The number of hydrogen-bond donors (Lipinski definition) is 0. The number of para-hydroxylation sites is 2. The van der Waals surface area contributed by atoms with Crippen LogP contribution in [0.15, 0.2) is 218 Å². The van der Waals surface area contributed by atoms with Crippen LogP contribution in [0.1, 0.15) is 0 Å². The van der Waals surface area contributed by atoms with Crippen LogP contribution in [0.25, 0.3) is 121 Å². The highest BCUT2D eigenvalue weighted by Crippen LogP contribution is 2.41. The standard InChI is InChI=1S/C58H36N4/c1-3-15-37(16-4-1)43-29-44(38-17-5-2-6-18-38)31-45(30-43)57-48-24-11-13-25-52(48)59-58(60-57)62-54-28-27-46(36-51(54)50-33-40-20-8-10-22-42(40)35-56(50)62)61-53-26-14-12-23-47(53)49-32-39-19-7-9-21-41(39)34-55(49)61/h1-36H. The summed E-state index contributed by atoms with van der Waals surface area (Å²) in [4.78, 5) is 11.0. The molecule has 0 atom stereocenters. The van der Waals surface area contributed by atoms with Crippen LogP contribution >= 0.6 is 0 Å². The summed E-state index contributed by atoms with van der Waals surface area (Å²) in [6.07, 6.45) is 0. The van der Waals surface area contributed by atoms with Crippen LogP contribution in [-0.2, 0) is 0 Å². The molecule has 0 amide bonds. The smallest absolute Gasteiger partial charge is 0.235 e. The first-order chi connectivity index (χ1) is 30.7. The maximum atomic E-state index is 5.59. The van der Waals surface area contributed by atoms with Gasteiger partial charge in [-0.1, -0.05) is 146 Å². The van der Waals surface area contributed by atoms with Crippen molar-refractivity contribution in [3.8, 4) is 45.1 Å². The van der Waals surface area contributed by atoms with Gasteiger partial charge in [0.15, 0.2) is 0 Å². The lowest BCUT2D eigenvalue weighted by Crippen LogP contribution is -2.04. The molecule has 0 N–H and O–H groups in total. The Morgan fingerprint density at radius 2 is 0.758 bits per heavy atom. The third-order valence-corrected chi connectivity index (χ3v) is 12.6. The van der Waals surface area contributed by atoms with Crippen molar-refractivity contribution in [3.05, 3.63) is 218 Å². The Balaban J connectivity index is 1.09. The summed E-state index contributed by atoms with van der Waals surface area (Å²) in [5, 5.41) is 10.6. The molecule has 0 aliphatic carbocycles. The minimum atomic E-state index is 0.636. The highest BCUT2D eigenvalue weighted by atomic mass is 15.2. The van der Waals surface area contributed by atoms with E-state index in [2.05, 4.69) is 228 Å². The Bertz CT molecular complexity index is 3860. The number of nitrogens with zero attached hydrogens (tertiary/aromatic N) is 4. The molecule has 13 rings (SSSR count). The number of hydrogen-bond acceptors (Lipinski definition) is 2. The zero-order valence-electron chi connectivity index (χ0n) is 33.6. The molecule has 288 valence electrons. The minimum absolute atomic E-state index is 0.636. The average Bonchev–Trinajstić information content (AvgIpc) is 3.83. The van der Waals surface area contributed by atoms with Crippen LogP contribution in [0.3, 0.4) is 0 Å². The molecule has 0 bridgehead atoms. The van der Waals surface area contributed by atoms with Gasteiger partial charge in [-0.2, -0.15) is 0 Å². The predicted molar refractivity (Wildman–Crippen MR) is 260 cm³/mol. The zero-order chi connectivity index (χ0) is 40.7. The molecule has 10 aromatic carbocycles. The first-order valence-corrected chi connectivity index (χ1v) is 21.1. The summed E-state index contributed by atoms with van der Waals surface area (Å²) in [5.41, 5.74) is 13.0. The van der Waals surface area contributed by atoms with Crippen LogP contribution in [-0.4, -0.2) is 19.1 Å². The van der Waals surface area contributed by atoms with Gasteiger partial charge in [0, 0.05) is 38.2 Å². The molecule has 4 nitrogen and oxygen atoms in total. The first kappa shape index (κ1) is 34.5. The van der Waals surface area contributed by atoms with Gasteiger partial charge in [0.1, 0.15) is 0 Å². The van der Waals surface area contributed by atoms with Crippen molar-refractivity contribution in [1.29, 1.82) is 0 Å². The molecular weight excluding hydrogens is 753 g/mol. The van der Waals surface area contributed by atoms with Crippen molar-refractivity contribution < 1.29 is 0 Å². The molecule has 0 unspecified atom stereocenters. The molecular formula is C58H36N4. The van der Waals surface area contributed by atoms with Gasteiger partial charge in [-0.3, -0.25) is 4.57 Å². The van der Waals surface area contributed by atoms with E-state index in [1.54, 1.807) is 0 Å². The van der Waals surface area contributed by atoms with Gasteiger partial charge in [0.25, 0.3) is 0 Å². The van der Waals surface area contributed by atoms with Gasteiger partial charge in [0.05, 0.1) is 33.3 Å². The van der Waals surface area contributed by atoms with E-state index < -0.39 is 0 Å². The SMILES string of the molecule is c1ccc(-c2cc(-c3ccccc3)cc(-c3nc(-n4c5ccc(-n6c7ccccc7c7cc8ccccc8cc76)cc5c5cc6ccccc6cc54)nc4ccccc34)c2)cc1. The topological polar surface area (TPSA) is 35.6 Å². The number of rotatable bonds is 5. The van der Waals surface area contributed by atoms with Crippen LogP contribution in [0.4, 0.5) is 0 Å².